The molecule has 1 fully saturated rings. The van der Waals surface area contributed by atoms with Crippen LogP contribution in [0.15, 0.2) is 18.2 Å². The second-order valence-corrected chi connectivity index (χ2v) is 5.00. The Balaban J connectivity index is 2.32. The molecule has 1 aromatic rings. The number of amides is 1. The molecule has 19 heavy (non-hydrogen) atoms. The molecule has 4 nitrogen and oxygen atoms in total. The van der Waals surface area contributed by atoms with Crippen molar-refractivity contribution < 1.29 is 4.79 Å². The predicted molar refractivity (Wildman–Crippen MR) is 75.2 cm³/mol. The second kappa shape index (κ2) is 5.94. The number of hydrogen-bond donors (Lipinski definition) is 1. The van der Waals surface area contributed by atoms with Crippen LogP contribution in [0.4, 0.5) is 5.69 Å². The summed E-state index contributed by atoms with van der Waals surface area (Å²) in [6.45, 7) is 0.809. The minimum absolute atomic E-state index is 0.0140. The van der Waals surface area contributed by atoms with Gasteiger partial charge < -0.3 is 10.2 Å². The van der Waals surface area contributed by atoms with Crippen molar-refractivity contribution in [3.05, 3.63) is 28.8 Å². The van der Waals surface area contributed by atoms with Gasteiger partial charge in [0.25, 0.3) is 0 Å². The van der Waals surface area contributed by atoms with E-state index in [1.54, 1.807) is 19.2 Å². The van der Waals surface area contributed by atoms with Gasteiger partial charge in [-0.05, 0) is 37.5 Å². The Kier molecular flexibility index (Phi) is 4.28. The highest BCUT2D eigenvalue weighted by Gasteiger charge is 2.29. The van der Waals surface area contributed by atoms with Crippen molar-refractivity contribution in [1.29, 1.82) is 5.26 Å². The van der Waals surface area contributed by atoms with Crippen LogP contribution in [0.3, 0.4) is 0 Å². The van der Waals surface area contributed by atoms with E-state index in [0.717, 1.165) is 31.5 Å². The fourth-order valence-corrected chi connectivity index (χ4v) is 2.76. The topological polar surface area (TPSA) is 56.1 Å². The monoisotopic (exact) mass is 277 g/mol. The lowest BCUT2D eigenvalue weighted by Crippen LogP contribution is -2.49. The predicted octanol–water partition coefficient (Wildman–Crippen LogP) is 2.32. The maximum Gasteiger partial charge on any atom is 0.242 e. The highest BCUT2D eigenvalue weighted by Crippen LogP contribution is 2.31. The first-order chi connectivity index (χ1) is 9.17. The van der Waals surface area contributed by atoms with Crippen LogP contribution < -0.4 is 10.2 Å². The Morgan fingerprint density at radius 3 is 2.95 bits per heavy atom. The van der Waals surface area contributed by atoms with Gasteiger partial charge >= 0.3 is 0 Å². The molecule has 5 heteroatoms. The number of nitrogens with one attached hydrogen (secondary N) is 1. The van der Waals surface area contributed by atoms with Crippen molar-refractivity contribution in [2.24, 2.45) is 0 Å². The van der Waals surface area contributed by atoms with Gasteiger partial charge in [0.2, 0.25) is 5.91 Å². The summed E-state index contributed by atoms with van der Waals surface area (Å²) >= 11 is 6.23. The van der Waals surface area contributed by atoms with Gasteiger partial charge in [-0.15, -0.1) is 0 Å². The Morgan fingerprint density at radius 2 is 2.32 bits per heavy atom. The van der Waals surface area contributed by atoms with E-state index in [-0.39, 0.29) is 11.9 Å². The second-order valence-electron chi connectivity index (χ2n) is 4.60. The molecule has 1 heterocycles. The number of nitrogens with zero attached hydrogens (tertiary/aromatic N) is 2. The Hall–Kier alpha value is -1.73. The molecule has 1 unspecified atom stereocenters. The number of nitriles is 1. The molecule has 0 saturated carbocycles. The van der Waals surface area contributed by atoms with E-state index in [0.29, 0.717) is 10.6 Å². The van der Waals surface area contributed by atoms with Crippen LogP contribution in [0.2, 0.25) is 5.02 Å². The van der Waals surface area contributed by atoms with E-state index >= 15 is 0 Å². The largest absolute Gasteiger partial charge is 0.358 e. The molecule has 1 aliphatic rings. The molecule has 1 saturated heterocycles. The number of piperidine rings is 1. The van der Waals surface area contributed by atoms with Crippen LogP contribution in [0.5, 0.6) is 0 Å². The Bertz CT molecular complexity index is 524. The molecule has 0 spiro atoms. The van der Waals surface area contributed by atoms with Gasteiger partial charge in [-0.2, -0.15) is 5.26 Å². The van der Waals surface area contributed by atoms with Crippen LogP contribution in [-0.2, 0) is 4.79 Å². The highest BCUT2D eigenvalue weighted by atomic mass is 35.5. The molecule has 0 aliphatic carbocycles. The molecule has 1 amide bonds. The van der Waals surface area contributed by atoms with E-state index in [4.69, 9.17) is 16.9 Å². The molecule has 0 radical (unpaired) electrons. The maximum absolute atomic E-state index is 11.9. The smallest absolute Gasteiger partial charge is 0.242 e. The summed E-state index contributed by atoms with van der Waals surface area (Å²) < 4.78 is 0. The zero-order valence-corrected chi connectivity index (χ0v) is 11.6. The highest BCUT2D eigenvalue weighted by molar-refractivity contribution is 6.33. The summed E-state index contributed by atoms with van der Waals surface area (Å²) in [5, 5.41) is 12.1. The van der Waals surface area contributed by atoms with Crippen LogP contribution in [0.1, 0.15) is 24.8 Å². The molecule has 2 rings (SSSR count). The Morgan fingerprint density at radius 1 is 1.53 bits per heavy atom. The van der Waals surface area contributed by atoms with Crippen LogP contribution in [0, 0.1) is 11.3 Å². The third-order valence-corrected chi connectivity index (χ3v) is 3.74. The van der Waals surface area contributed by atoms with Crippen LogP contribution in [-0.4, -0.2) is 25.5 Å². The van der Waals surface area contributed by atoms with E-state index in [1.165, 1.54) is 0 Å². The summed E-state index contributed by atoms with van der Waals surface area (Å²) in [6.07, 6.45) is 2.92. The third kappa shape index (κ3) is 2.82. The van der Waals surface area contributed by atoms with Gasteiger partial charge in [0.05, 0.1) is 22.3 Å². The first-order valence-corrected chi connectivity index (χ1v) is 6.73. The van der Waals surface area contributed by atoms with Gasteiger partial charge in [-0.25, -0.2) is 0 Å². The number of anilines is 1. The number of halogens is 1. The zero-order valence-electron chi connectivity index (χ0n) is 10.8. The average Bonchev–Trinajstić information content (AvgIpc) is 2.46. The van der Waals surface area contributed by atoms with E-state index in [2.05, 4.69) is 11.4 Å². The fraction of sp³-hybridized carbons (Fsp3) is 0.429. The van der Waals surface area contributed by atoms with Gasteiger partial charge in [0.15, 0.2) is 0 Å². The summed E-state index contributed by atoms with van der Waals surface area (Å²) in [5.41, 5.74) is 1.36. The number of benzene rings is 1. The molecule has 0 bridgehead atoms. The summed E-state index contributed by atoms with van der Waals surface area (Å²) in [4.78, 5) is 14.0. The van der Waals surface area contributed by atoms with E-state index in [9.17, 15) is 4.79 Å². The molecular formula is C14H16ClN3O. The van der Waals surface area contributed by atoms with Crippen molar-refractivity contribution in [3.8, 4) is 6.07 Å². The van der Waals surface area contributed by atoms with Crippen molar-refractivity contribution in [3.63, 3.8) is 0 Å². The Labute approximate surface area is 118 Å². The van der Waals surface area contributed by atoms with Gasteiger partial charge in [0, 0.05) is 13.6 Å². The lowest BCUT2D eigenvalue weighted by Gasteiger charge is -2.36. The van der Waals surface area contributed by atoms with E-state index < -0.39 is 0 Å². The normalized spacial score (nSPS) is 18.8. The van der Waals surface area contributed by atoms with Crippen molar-refractivity contribution in [2.45, 2.75) is 25.3 Å². The SMILES string of the molecule is CNC(=O)C1CCCCN1c1ccc(C#N)cc1Cl. The summed E-state index contributed by atoms with van der Waals surface area (Å²) in [5.74, 6) is 0.0140. The maximum atomic E-state index is 11.9. The van der Waals surface area contributed by atoms with Crippen molar-refractivity contribution in [2.75, 3.05) is 18.5 Å². The summed E-state index contributed by atoms with van der Waals surface area (Å²) in [7, 11) is 1.65. The number of rotatable bonds is 2. The summed E-state index contributed by atoms with van der Waals surface area (Å²) in [6, 6.07) is 7.08. The van der Waals surface area contributed by atoms with Crippen LogP contribution in [0.25, 0.3) is 0 Å². The van der Waals surface area contributed by atoms with Crippen molar-refractivity contribution >= 4 is 23.2 Å². The molecule has 100 valence electrons. The molecule has 1 N–H and O–H groups in total. The molecule has 1 aromatic carbocycles. The minimum Gasteiger partial charge on any atom is -0.358 e. The molecular weight excluding hydrogens is 262 g/mol. The zero-order chi connectivity index (χ0) is 13.8. The van der Waals surface area contributed by atoms with E-state index in [1.807, 2.05) is 11.0 Å². The van der Waals surface area contributed by atoms with Gasteiger partial charge in [0.1, 0.15) is 6.04 Å². The number of carbonyl (C=O) groups is 1. The lowest BCUT2D eigenvalue weighted by atomic mass is 10.00. The molecule has 1 atom stereocenters. The fourth-order valence-electron chi connectivity index (χ4n) is 2.47. The van der Waals surface area contributed by atoms with Gasteiger partial charge in [-0.1, -0.05) is 11.6 Å². The molecule has 0 aromatic heterocycles. The first-order valence-electron chi connectivity index (χ1n) is 6.35. The van der Waals surface area contributed by atoms with Crippen LogP contribution >= 0.6 is 11.6 Å². The average molecular weight is 278 g/mol. The third-order valence-electron chi connectivity index (χ3n) is 3.44. The van der Waals surface area contributed by atoms with Gasteiger partial charge in [-0.3, -0.25) is 4.79 Å². The van der Waals surface area contributed by atoms with Crippen molar-refractivity contribution in [1.82, 2.24) is 5.32 Å². The number of hydrogen-bond acceptors (Lipinski definition) is 3. The lowest BCUT2D eigenvalue weighted by molar-refractivity contribution is -0.122. The molecule has 1 aliphatic heterocycles. The first kappa shape index (κ1) is 13.7. The minimum atomic E-state index is -0.177. The number of likely N-dealkylation sites (N-methyl/N-ethyl adjacent to an activating group) is 1. The standard InChI is InChI=1S/C14H16ClN3O/c1-17-14(19)13-4-2-3-7-18(13)12-6-5-10(9-16)8-11(12)15/h5-6,8,13H,2-4,7H2,1H3,(H,17,19). The quantitative estimate of drug-likeness (QED) is 0.903. The number of carbonyl (C=O) groups excluding carboxylic acids is 1.